The first-order valence-corrected chi connectivity index (χ1v) is 12.2. The minimum Gasteiger partial charge on any atom is -0.376 e. The summed E-state index contributed by atoms with van der Waals surface area (Å²) in [5, 5.41) is 5.96. The Morgan fingerprint density at radius 3 is 2.35 bits per heavy atom. The Balaban J connectivity index is 1.33. The molecule has 1 saturated heterocycles. The Labute approximate surface area is 183 Å². The molecule has 1 fully saturated rings. The molecule has 8 heteroatoms. The van der Waals surface area contributed by atoms with Gasteiger partial charge in [0.05, 0.1) is 23.6 Å². The Kier molecular flexibility index (Phi) is 6.31. The number of amides is 1. The average molecular weight is 444 g/mol. The van der Waals surface area contributed by atoms with E-state index in [9.17, 15) is 13.2 Å². The fourth-order valence-corrected chi connectivity index (χ4v) is 5.85. The van der Waals surface area contributed by atoms with Gasteiger partial charge in [0.25, 0.3) is 0 Å². The average Bonchev–Trinajstić information content (AvgIpc) is 3.20. The number of hydrogen-bond acceptors (Lipinski definition) is 5. The number of hydrogen-bond donors (Lipinski definition) is 2. The van der Waals surface area contributed by atoms with Crippen LogP contribution >= 0.6 is 0 Å². The monoisotopic (exact) mass is 443 g/mol. The lowest BCUT2D eigenvalue weighted by molar-refractivity contribution is -0.114. The first kappa shape index (κ1) is 21.8. The molecule has 0 bridgehead atoms. The van der Waals surface area contributed by atoms with Gasteiger partial charge >= 0.3 is 0 Å². The Morgan fingerprint density at radius 2 is 1.65 bits per heavy atom. The van der Waals surface area contributed by atoms with E-state index >= 15 is 0 Å². The largest absolute Gasteiger partial charge is 0.376 e. The van der Waals surface area contributed by atoms with Crippen LogP contribution in [-0.4, -0.2) is 50.5 Å². The fourth-order valence-electron chi connectivity index (χ4n) is 4.26. The van der Waals surface area contributed by atoms with Crippen LogP contribution in [0.3, 0.4) is 0 Å². The number of fused-ring (bicyclic) bond motifs is 1. The third kappa shape index (κ3) is 5.08. The second-order valence-electron chi connectivity index (χ2n) is 8.34. The molecule has 1 heterocycles. The number of aryl methyl sites for hydroxylation is 2. The maximum Gasteiger partial charge on any atom is 0.243 e. The molecule has 2 unspecified atom stereocenters. The van der Waals surface area contributed by atoms with E-state index in [1.54, 1.807) is 24.3 Å². The fraction of sp³-hybridized carbons (Fsp3) is 0.435. The highest BCUT2D eigenvalue weighted by Gasteiger charge is 2.32. The van der Waals surface area contributed by atoms with Crippen LogP contribution in [0, 0.1) is 0 Å². The van der Waals surface area contributed by atoms with Crippen molar-refractivity contribution in [1.29, 1.82) is 0 Å². The summed E-state index contributed by atoms with van der Waals surface area (Å²) in [5.41, 5.74) is 4.17. The molecule has 7 nitrogen and oxygen atoms in total. The van der Waals surface area contributed by atoms with Gasteiger partial charge in [0.2, 0.25) is 15.9 Å². The standard InChI is InChI=1S/C23H29N3O4S/c1-16-14-26(15-17(2)30-16)31(28,29)22-10-8-20(9-11-22)24-13-23(27)25-21-7-6-18-4-3-5-19(18)12-21/h6-12,16-17,24H,3-5,13-15H2,1-2H3,(H,25,27). The Bertz CT molecular complexity index is 1040. The van der Waals surface area contributed by atoms with Crippen LogP contribution in [0.15, 0.2) is 47.4 Å². The highest BCUT2D eigenvalue weighted by molar-refractivity contribution is 7.89. The van der Waals surface area contributed by atoms with Crippen molar-refractivity contribution in [3.63, 3.8) is 0 Å². The van der Waals surface area contributed by atoms with Crippen LogP contribution in [-0.2, 0) is 32.4 Å². The summed E-state index contributed by atoms with van der Waals surface area (Å²) in [5.74, 6) is -0.147. The van der Waals surface area contributed by atoms with Crippen molar-refractivity contribution < 1.29 is 17.9 Å². The number of ether oxygens (including phenoxy) is 1. The zero-order valence-corrected chi connectivity index (χ0v) is 18.7. The molecule has 2 aromatic carbocycles. The minimum atomic E-state index is -3.58. The molecule has 0 aromatic heterocycles. The molecule has 1 aliphatic heterocycles. The highest BCUT2D eigenvalue weighted by atomic mass is 32.2. The van der Waals surface area contributed by atoms with E-state index in [1.165, 1.54) is 21.9 Å². The first-order chi connectivity index (χ1) is 14.8. The molecule has 31 heavy (non-hydrogen) atoms. The topological polar surface area (TPSA) is 87.7 Å². The second-order valence-corrected chi connectivity index (χ2v) is 10.3. The van der Waals surface area contributed by atoms with Gasteiger partial charge in [-0.3, -0.25) is 4.79 Å². The molecular formula is C23H29N3O4S. The van der Waals surface area contributed by atoms with Gasteiger partial charge in [0.15, 0.2) is 0 Å². The lowest BCUT2D eigenvalue weighted by Gasteiger charge is -2.34. The van der Waals surface area contributed by atoms with Crippen LogP contribution < -0.4 is 10.6 Å². The zero-order chi connectivity index (χ0) is 22.0. The molecule has 0 saturated carbocycles. The van der Waals surface area contributed by atoms with Gasteiger partial charge in [-0.2, -0.15) is 4.31 Å². The van der Waals surface area contributed by atoms with E-state index < -0.39 is 10.0 Å². The molecule has 166 valence electrons. The number of nitrogens with zero attached hydrogens (tertiary/aromatic N) is 1. The van der Waals surface area contributed by atoms with Gasteiger partial charge in [-0.15, -0.1) is 0 Å². The van der Waals surface area contributed by atoms with E-state index in [1.807, 2.05) is 26.0 Å². The maximum absolute atomic E-state index is 12.9. The van der Waals surface area contributed by atoms with Crippen molar-refractivity contribution in [2.75, 3.05) is 30.3 Å². The number of rotatable bonds is 6. The van der Waals surface area contributed by atoms with Crippen LogP contribution in [0.1, 0.15) is 31.4 Å². The van der Waals surface area contributed by atoms with E-state index in [2.05, 4.69) is 16.7 Å². The highest BCUT2D eigenvalue weighted by Crippen LogP contribution is 2.25. The molecule has 2 N–H and O–H groups in total. The SMILES string of the molecule is CC1CN(S(=O)(=O)c2ccc(NCC(=O)Nc3ccc4c(c3)CCC4)cc2)CC(C)O1. The molecule has 2 aromatic rings. The number of carbonyl (C=O) groups is 1. The summed E-state index contributed by atoms with van der Waals surface area (Å²) >= 11 is 0. The Hall–Kier alpha value is -2.42. The predicted octanol–water partition coefficient (Wildman–Crippen LogP) is 3.02. The summed E-state index contributed by atoms with van der Waals surface area (Å²) < 4.78 is 33.0. The summed E-state index contributed by atoms with van der Waals surface area (Å²) in [6.07, 6.45) is 3.08. The normalized spacial score (nSPS) is 21.5. The summed E-state index contributed by atoms with van der Waals surface area (Å²) in [7, 11) is -3.58. The van der Waals surface area contributed by atoms with Gasteiger partial charge in [0, 0.05) is 24.5 Å². The molecular weight excluding hydrogens is 414 g/mol. The molecule has 0 spiro atoms. The van der Waals surface area contributed by atoms with Gasteiger partial charge in [-0.1, -0.05) is 6.07 Å². The molecule has 4 rings (SSSR count). The molecule has 2 atom stereocenters. The quantitative estimate of drug-likeness (QED) is 0.717. The first-order valence-electron chi connectivity index (χ1n) is 10.7. The number of morpholine rings is 1. The van der Waals surface area contributed by atoms with Crippen molar-refractivity contribution in [1.82, 2.24) is 4.31 Å². The minimum absolute atomic E-state index is 0.0989. The molecule has 2 aliphatic rings. The van der Waals surface area contributed by atoms with E-state index in [0.29, 0.717) is 18.8 Å². The van der Waals surface area contributed by atoms with E-state index in [0.717, 1.165) is 18.5 Å². The number of benzene rings is 2. The van der Waals surface area contributed by atoms with Crippen molar-refractivity contribution in [3.8, 4) is 0 Å². The van der Waals surface area contributed by atoms with Crippen LogP contribution in [0.5, 0.6) is 0 Å². The third-order valence-electron chi connectivity index (χ3n) is 5.71. The van der Waals surface area contributed by atoms with Gasteiger partial charge in [0.1, 0.15) is 0 Å². The predicted molar refractivity (Wildman–Crippen MR) is 121 cm³/mol. The number of sulfonamides is 1. The number of carbonyl (C=O) groups excluding carboxylic acids is 1. The van der Waals surface area contributed by atoms with Crippen molar-refractivity contribution >= 4 is 27.3 Å². The zero-order valence-electron chi connectivity index (χ0n) is 17.9. The molecule has 1 aliphatic carbocycles. The van der Waals surface area contributed by atoms with Crippen molar-refractivity contribution in [3.05, 3.63) is 53.6 Å². The van der Waals surface area contributed by atoms with E-state index in [4.69, 9.17) is 4.74 Å². The van der Waals surface area contributed by atoms with E-state index in [-0.39, 0.29) is 29.6 Å². The maximum atomic E-state index is 12.9. The van der Waals surface area contributed by atoms with Crippen LogP contribution in [0.25, 0.3) is 0 Å². The molecule has 0 radical (unpaired) electrons. The van der Waals surface area contributed by atoms with Crippen LogP contribution in [0.2, 0.25) is 0 Å². The lowest BCUT2D eigenvalue weighted by atomic mass is 10.1. The van der Waals surface area contributed by atoms with Crippen molar-refractivity contribution in [2.45, 2.75) is 50.2 Å². The third-order valence-corrected chi connectivity index (χ3v) is 7.56. The van der Waals surface area contributed by atoms with Gasteiger partial charge < -0.3 is 15.4 Å². The smallest absolute Gasteiger partial charge is 0.243 e. The lowest BCUT2D eigenvalue weighted by Crippen LogP contribution is -2.48. The molecule has 1 amide bonds. The summed E-state index contributed by atoms with van der Waals surface area (Å²) in [6, 6.07) is 12.6. The number of nitrogens with one attached hydrogen (secondary N) is 2. The number of anilines is 2. The van der Waals surface area contributed by atoms with Crippen molar-refractivity contribution in [2.24, 2.45) is 0 Å². The Morgan fingerprint density at radius 1 is 1.00 bits per heavy atom. The summed E-state index contributed by atoms with van der Waals surface area (Å²) in [6.45, 7) is 4.53. The second kappa shape index (κ2) is 8.98. The van der Waals surface area contributed by atoms with Gasteiger partial charge in [-0.25, -0.2) is 8.42 Å². The van der Waals surface area contributed by atoms with Gasteiger partial charge in [-0.05, 0) is 80.6 Å². The summed E-state index contributed by atoms with van der Waals surface area (Å²) in [4.78, 5) is 12.5. The van der Waals surface area contributed by atoms with Crippen LogP contribution in [0.4, 0.5) is 11.4 Å².